The van der Waals surface area contributed by atoms with Gasteiger partial charge in [-0.15, -0.1) is 0 Å². The number of esters is 1. The fourth-order valence-electron chi connectivity index (χ4n) is 0.874. The fraction of sp³-hybridized carbons (Fsp3) is 0.800. The first-order valence-electron chi connectivity index (χ1n) is 2.98. The highest BCUT2D eigenvalue weighted by atomic mass is 35.5. The van der Waals surface area contributed by atoms with Crippen LogP contribution in [0.4, 0.5) is 13.2 Å². The van der Waals surface area contributed by atoms with Gasteiger partial charge < -0.3 is 4.74 Å². The number of carbonyl (C=O) groups excluding carboxylic acids is 1. The molecule has 3 atom stereocenters. The third-order valence-electron chi connectivity index (χ3n) is 1.52. The molecule has 1 aliphatic rings. The van der Waals surface area contributed by atoms with Gasteiger partial charge in [0.1, 0.15) is 12.1 Å². The molecule has 1 saturated heterocycles. The van der Waals surface area contributed by atoms with E-state index in [9.17, 15) is 18.0 Å². The smallest absolute Gasteiger partial charge is 0.407 e. The van der Waals surface area contributed by atoms with Crippen molar-refractivity contribution in [1.29, 1.82) is 0 Å². The molecule has 0 aromatic heterocycles. The topological polar surface area (TPSA) is 29.3 Å². The highest BCUT2D eigenvalue weighted by Crippen LogP contribution is 2.43. The SMILES string of the molecule is COC(=O)[C@@H]1[C@@H](C(F)(F)F)N1Cl. The summed E-state index contributed by atoms with van der Waals surface area (Å²) in [6.45, 7) is 0. The van der Waals surface area contributed by atoms with Crippen molar-refractivity contribution in [3.8, 4) is 0 Å². The summed E-state index contributed by atoms with van der Waals surface area (Å²) < 4.78 is 40.2. The predicted octanol–water partition coefficient (Wildman–Crippen LogP) is 0.928. The van der Waals surface area contributed by atoms with Crippen molar-refractivity contribution in [1.82, 2.24) is 4.42 Å². The summed E-state index contributed by atoms with van der Waals surface area (Å²) >= 11 is 5.09. The fourth-order valence-corrected chi connectivity index (χ4v) is 1.23. The molecule has 1 unspecified atom stereocenters. The van der Waals surface area contributed by atoms with Crippen LogP contribution >= 0.6 is 11.8 Å². The highest BCUT2D eigenvalue weighted by molar-refractivity contribution is 6.17. The van der Waals surface area contributed by atoms with E-state index < -0.39 is 24.2 Å². The number of rotatable bonds is 1. The molecule has 0 aliphatic carbocycles. The molecule has 0 radical (unpaired) electrons. The Hall–Kier alpha value is -0.490. The largest absolute Gasteiger partial charge is 0.468 e. The monoisotopic (exact) mass is 203 g/mol. The van der Waals surface area contributed by atoms with Crippen molar-refractivity contribution < 1.29 is 22.7 Å². The predicted molar refractivity (Wildman–Crippen MR) is 33.3 cm³/mol. The van der Waals surface area contributed by atoms with Crippen molar-refractivity contribution in [2.24, 2.45) is 0 Å². The summed E-state index contributed by atoms with van der Waals surface area (Å²) in [5.41, 5.74) is 0. The van der Waals surface area contributed by atoms with Crippen LogP contribution in [0.3, 0.4) is 0 Å². The molecule has 12 heavy (non-hydrogen) atoms. The Morgan fingerprint density at radius 1 is 1.58 bits per heavy atom. The molecule has 0 bridgehead atoms. The Bertz CT molecular complexity index is 207. The third-order valence-corrected chi connectivity index (χ3v) is 1.94. The van der Waals surface area contributed by atoms with Crippen LogP contribution in [0.2, 0.25) is 0 Å². The van der Waals surface area contributed by atoms with Crippen LogP contribution in [-0.2, 0) is 9.53 Å². The molecule has 7 heteroatoms. The molecule has 1 rings (SSSR count). The van der Waals surface area contributed by atoms with Crippen molar-refractivity contribution in [2.75, 3.05) is 7.11 Å². The van der Waals surface area contributed by atoms with Gasteiger partial charge in [0.2, 0.25) is 0 Å². The first kappa shape index (κ1) is 9.60. The van der Waals surface area contributed by atoms with E-state index in [-0.39, 0.29) is 0 Å². The Morgan fingerprint density at radius 3 is 2.33 bits per heavy atom. The average Bonchev–Trinajstić information content (AvgIpc) is 2.59. The van der Waals surface area contributed by atoms with Gasteiger partial charge in [-0.3, -0.25) is 4.79 Å². The number of carbonyl (C=O) groups is 1. The van der Waals surface area contributed by atoms with E-state index in [4.69, 9.17) is 11.8 Å². The van der Waals surface area contributed by atoms with Crippen molar-refractivity contribution in [3.05, 3.63) is 0 Å². The summed E-state index contributed by atoms with van der Waals surface area (Å²) in [6.07, 6.45) is -4.47. The highest BCUT2D eigenvalue weighted by Gasteiger charge is 2.67. The summed E-state index contributed by atoms with van der Waals surface area (Å²) in [4.78, 5) is 10.6. The summed E-state index contributed by atoms with van der Waals surface area (Å²) in [5.74, 6) is -0.965. The van der Waals surface area contributed by atoms with Crippen molar-refractivity contribution in [2.45, 2.75) is 18.3 Å². The van der Waals surface area contributed by atoms with E-state index in [1.807, 2.05) is 0 Å². The maximum Gasteiger partial charge on any atom is 0.407 e. The van der Waals surface area contributed by atoms with E-state index in [0.29, 0.717) is 4.42 Å². The average molecular weight is 204 g/mol. The molecular weight excluding hydrogens is 199 g/mol. The van der Waals surface area contributed by atoms with Crippen LogP contribution in [0.1, 0.15) is 0 Å². The zero-order valence-corrected chi connectivity index (χ0v) is 6.69. The van der Waals surface area contributed by atoms with Crippen LogP contribution in [0.5, 0.6) is 0 Å². The second kappa shape index (κ2) is 2.77. The number of hydrogen-bond acceptors (Lipinski definition) is 3. The molecule has 3 nitrogen and oxygen atoms in total. The molecule has 1 aliphatic heterocycles. The molecule has 1 fully saturated rings. The minimum atomic E-state index is -4.47. The van der Waals surface area contributed by atoms with Gasteiger partial charge in [-0.2, -0.15) is 17.6 Å². The van der Waals surface area contributed by atoms with Gasteiger partial charge in [0.05, 0.1) is 7.11 Å². The lowest BCUT2D eigenvalue weighted by atomic mass is 10.3. The summed E-state index contributed by atoms with van der Waals surface area (Å²) in [6, 6.07) is -3.27. The Morgan fingerprint density at radius 2 is 2.08 bits per heavy atom. The maximum atomic E-state index is 11.9. The number of ether oxygens (including phenoxy) is 1. The van der Waals surface area contributed by atoms with Crippen LogP contribution in [0.15, 0.2) is 0 Å². The lowest BCUT2D eigenvalue weighted by molar-refractivity contribution is -0.147. The third kappa shape index (κ3) is 1.49. The molecule has 0 aromatic carbocycles. The molecule has 0 N–H and O–H groups in total. The summed E-state index contributed by atoms with van der Waals surface area (Å²) in [5, 5.41) is 0. The number of methoxy groups -OCH3 is 1. The minimum absolute atomic E-state index is 0.395. The standard InChI is InChI=1S/C5H5ClF3NO2/c1-12-4(11)2-3(10(2)6)5(7,8)9/h2-3H,1H3/t2-,3-,10?/m0/s1. The second-order valence-corrected chi connectivity index (χ2v) is 2.69. The first-order chi connectivity index (χ1) is 5.39. The Labute approximate surface area is 71.1 Å². The van der Waals surface area contributed by atoms with Gasteiger partial charge >= 0.3 is 12.1 Å². The van der Waals surface area contributed by atoms with Gasteiger partial charge in [0.15, 0.2) is 0 Å². The van der Waals surface area contributed by atoms with Gasteiger partial charge in [-0.1, -0.05) is 0 Å². The van der Waals surface area contributed by atoms with Crippen molar-refractivity contribution in [3.63, 3.8) is 0 Å². The molecule has 1 heterocycles. The van der Waals surface area contributed by atoms with E-state index in [1.54, 1.807) is 0 Å². The van der Waals surface area contributed by atoms with Crippen LogP contribution in [0.25, 0.3) is 0 Å². The van der Waals surface area contributed by atoms with Crippen LogP contribution < -0.4 is 0 Å². The summed E-state index contributed by atoms with van der Waals surface area (Å²) in [7, 11) is 1.01. The second-order valence-electron chi connectivity index (χ2n) is 2.30. The van der Waals surface area contributed by atoms with Crippen LogP contribution in [0, 0.1) is 0 Å². The van der Waals surface area contributed by atoms with E-state index in [0.717, 1.165) is 7.11 Å². The van der Waals surface area contributed by atoms with Crippen molar-refractivity contribution >= 4 is 17.7 Å². The lowest BCUT2D eigenvalue weighted by Crippen LogP contribution is -2.23. The zero-order chi connectivity index (χ0) is 9.52. The molecule has 0 spiro atoms. The van der Waals surface area contributed by atoms with E-state index >= 15 is 0 Å². The maximum absolute atomic E-state index is 11.9. The van der Waals surface area contributed by atoms with E-state index in [1.165, 1.54) is 0 Å². The lowest BCUT2D eigenvalue weighted by Gasteiger charge is -2.01. The van der Waals surface area contributed by atoms with Crippen LogP contribution in [-0.4, -0.2) is 35.8 Å². The minimum Gasteiger partial charge on any atom is -0.468 e. The zero-order valence-electron chi connectivity index (χ0n) is 5.93. The number of nitrogens with zero attached hydrogens (tertiary/aromatic N) is 1. The molecule has 0 aromatic rings. The number of hydrogen-bond donors (Lipinski definition) is 0. The molecule has 70 valence electrons. The van der Waals surface area contributed by atoms with Gasteiger partial charge in [-0.25, -0.2) is 0 Å². The first-order valence-corrected chi connectivity index (χ1v) is 3.32. The molecule has 0 amide bonds. The molecular formula is C5H5ClF3NO2. The van der Waals surface area contributed by atoms with E-state index in [2.05, 4.69) is 4.74 Å². The molecule has 0 saturated carbocycles. The van der Waals surface area contributed by atoms with Gasteiger partial charge in [-0.05, 0) is 11.8 Å². The quantitative estimate of drug-likeness (QED) is 0.361. The van der Waals surface area contributed by atoms with Gasteiger partial charge in [0, 0.05) is 0 Å². The Balaban J connectivity index is 2.60. The Kier molecular flexibility index (Phi) is 2.22. The number of alkyl halides is 3. The number of halogens is 4. The normalized spacial score (nSPS) is 34.6. The van der Waals surface area contributed by atoms with Gasteiger partial charge in [0.25, 0.3) is 0 Å².